The number of rotatable bonds is 5. The van der Waals surface area contributed by atoms with Crippen molar-refractivity contribution in [2.24, 2.45) is 0 Å². The van der Waals surface area contributed by atoms with Crippen LogP contribution in [0, 0.1) is 0 Å². The van der Waals surface area contributed by atoms with Crippen LogP contribution in [0.5, 0.6) is 0 Å². The highest BCUT2D eigenvalue weighted by Gasteiger charge is 2.22. The van der Waals surface area contributed by atoms with E-state index in [9.17, 15) is 0 Å². The summed E-state index contributed by atoms with van der Waals surface area (Å²) in [5.41, 5.74) is 10.5. The van der Waals surface area contributed by atoms with E-state index in [2.05, 4.69) is 127 Å². The minimum absolute atomic E-state index is 0.513. The maximum atomic E-state index is 6.54. The first-order valence-electron chi connectivity index (χ1n) is 19.3. The van der Waals surface area contributed by atoms with Crippen LogP contribution >= 0.6 is 0 Å². The monoisotopic (exact) mass is 742 g/mol. The molecule has 0 aliphatic carbocycles. The minimum Gasteiger partial charge on any atom is -0.456 e. The van der Waals surface area contributed by atoms with Crippen molar-refractivity contribution >= 4 is 65.6 Å². The van der Waals surface area contributed by atoms with Crippen LogP contribution in [0.1, 0.15) is 0 Å². The van der Waals surface area contributed by atoms with Crippen LogP contribution in [0.2, 0.25) is 0 Å². The molecule has 0 aliphatic rings. The third-order valence-electron chi connectivity index (χ3n) is 11.1. The molecule has 4 heterocycles. The Bertz CT molecular complexity index is 3570. The van der Waals surface area contributed by atoms with E-state index in [0.29, 0.717) is 17.5 Å². The zero-order chi connectivity index (χ0) is 38.2. The lowest BCUT2D eigenvalue weighted by Crippen LogP contribution is -2.02. The summed E-state index contributed by atoms with van der Waals surface area (Å²) in [6.07, 6.45) is 0. The molecule has 6 nitrogen and oxygen atoms in total. The van der Waals surface area contributed by atoms with Crippen LogP contribution in [-0.2, 0) is 0 Å². The Hall–Kier alpha value is -7.96. The molecular weight excluding hydrogens is 713 g/mol. The minimum atomic E-state index is 0.513. The lowest BCUT2D eigenvalue weighted by atomic mass is 9.95. The van der Waals surface area contributed by atoms with Gasteiger partial charge in [0.25, 0.3) is 0 Å². The van der Waals surface area contributed by atoms with E-state index in [1.807, 2.05) is 54.6 Å². The molecule has 0 fully saturated rings. The summed E-state index contributed by atoms with van der Waals surface area (Å²) < 4.78 is 13.0. The van der Waals surface area contributed by atoms with Crippen LogP contribution in [0.15, 0.2) is 191 Å². The molecule has 58 heavy (non-hydrogen) atoms. The van der Waals surface area contributed by atoms with Gasteiger partial charge in [0.05, 0.1) is 16.8 Å². The van der Waals surface area contributed by atoms with Gasteiger partial charge in [-0.05, 0) is 53.6 Å². The maximum Gasteiger partial charge on any atom is 0.167 e. The Labute approximate surface area is 331 Å². The highest BCUT2D eigenvalue weighted by atomic mass is 16.3. The van der Waals surface area contributed by atoms with E-state index in [0.717, 1.165) is 105 Å². The molecule has 0 saturated heterocycles. The van der Waals surface area contributed by atoms with Crippen LogP contribution in [-0.4, -0.2) is 19.9 Å². The summed E-state index contributed by atoms with van der Waals surface area (Å²) in [4.78, 5) is 21.3. The molecule has 0 N–H and O–H groups in total. The summed E-state index contributed by atoms with van der Waals surface area (Å²) in [5.74, 6) is 1.58. The van der Waals surface area contributed by atoms with E-state index in [-0.39, 0.29) is 0 Å². The van der Waals surface area contributed by atoms with Gasteiger partial charge in [0, 0.05) is 54.4 Å². The first kappa shape index (κ1) is 32.3. The van der Waals surface area contributed by atoms with Crippen molar-refractivity contribution in [3.63, 3.8) is 0 Å². The number of hydrogen-bond donors (Lipinski definition) is 0. The number of aromatic nitrogens is 4. The first-order chi connectivity index (χ1) is 28.7. The molecule has 0 saturated carbocycles. The van der Waals surface area contributed by atoms with Gasteiger partial charge < -0.3 is 8.83 Å². The van der Waals surface area contributed by atoms with Crippen molar-refractivity contribution in [3.05, 3.63) is 182 Å². The Kier molecular flexibility index (Phi) is 7.13. The fourth-order valence-corrected chi connectivity index (χ4v) is 8.47. The molecule has 0 amide bonds. The Morgan fingerprint density at radius 3 is 1.71 bits per heavy atom. The second kappa shape index (κ2) is 12.8. The van der Waals surface area contributed by atoms with Crippen molar-refractivity contribution in [3.8, 4) is 56.5 Å². The summed E-state index contributed by atoms with van der Waals surface area (Å²) in [6.45, 7) is 0. The molecule has 0 radical (unpaired) electrons. The number of furan rings is 2. The van der Waals surface area contributed by atoms with E-state index < -0.39 is 0 Å². The van der Waals surface area contributed by atoms with Crippen LogP contribution < -0.4 is 0 Å². The predicted octanol–water partition coefficient (Wildman–Crippen LogP) is 13.7. The van der Waals surface area contributed by atoms with Gasteiger partial charge in [0.2, 0.25) is 0 Å². The molecule has 4 aromatic heterocycles. The van der Waals surface area contributed by atoms with Crippen molar-refractivity contribution < 1.29 is 8.83 Å². The molecule has 0 spiro atoms. The second-order valence-electron chi connectivity index (χ2n) is 14.5. The molecule has 270 valence electrons. The van der Waals surface area contributed by atoms with Gasteiger partial charge in [-0.2, -0.15) is 0 Å². The summed E-state index contributed by atoms with van der Waals surface area (Å²) in [7, 11) is 0. The Morgan fingerprint density at radius 1 is 0.310 bits per heavy atom. The summed E-state index contributed by atoms with van der Waals surface area (Å²) in [5, 5.41) is 7.26. The van der Waals surface area contributed by atoms with Gasteiger partial charge in [-0.3, -0.25) is 0 Å². The van der Waals surface area contributed by atoms with Gasteiger partial charge in [0.1, 0.15) is 22.3 Å². The SMILES string of the molecule is c1ccc(-c2cccc(-c3nc(-c4cccc5c4nc(-c4ccccc4)c4ccc6oc7ccccc7c6c45)nc(-c4cccc5c4oc4ccccc45)n3)c2)cc1. The van der Waals surface area contributed by atoms with E-state index in [4.69, 9.17) is 28.8 Å². The third-order valence-corrected chi connectivity index (χ3v) is 11.1. The number of nitrogens with zero attached hydrogens (tertiary/aromatic N) is 4. The fraction of sp³-hybridized carbons (Fsp3) is 0. The van der Waals surface area contributed by atoms with Gasteiger partial charge in [-0.15, -0.1) is 0 Å². The molecule has 0 bridgehead atoms. The van der Waals surface area contributed by atoms with Crippen molar-refractivity contribution in [1.82, 2.24) is 19.9 Å². The number of fused-ring (bicyclic) bond motifs is 10. The molecule has 12 rings (SSSR count). The average Bonchev–Trinajstić information content (AvgIpc) is 3.88. The molecule has 0 atom stereocenters. The fourth-order valence-electron chi connectivity index (χ4n) is 8.47. The van der Waals surface area contributed by atoms with Gasteiger partial charge >= 0.3 is 0 Å². The number of para-hydroxylation sites is 4. The number of pyridine rings is 1. The standard InChI is InChI=1S/C52H30N4O2/c1-3-14-31(15-4-1)33-18-11-19-34(30-33)50-54-51(56-52(55-50)41-25-12-22-36-35-20-7-9-26-42(35)58-49(36)41)40-24-13-23-38-45-39(47(53-48(38)40)32-16-5-2-6-17-32)28-29-44-46(45)37-21-8-10-27-43(37)57-44/h1-30H. The first-order valence-corrected chi connectivity index (χ1v) is 19.3. The number of benzene rings is 8. The molecule has 8 aromatic carbocycles. The van der Waals surface area contributed by atoms with Gasteiger partial charge in [0.15, 0.2) is 17.5 Å². The molecule has 0 aliphatic heterocycles. The van der Waals surface area contributed by atoms with E-state index >= 15 is 0 Å². The second-order valence-corrected chi connectivity index (χ2v) is 14.5. The van der Waals surface area contributed by atoms with Crippen LogP contribution in [0.4, 0.5) is 0 Å². The molecule has 12 aromatic rings. The quantitative estimate of drug-likeness (QED) is 0.163. The summed E-state index contributed by atoms with van der Waals surface area (Å²) >= 11 is 0. The third kappa shape index (κ3) is 5.05. The van der Waals surface area contributed by atoms with Crippen molar-refractivity contribution in [1.29, 1.82) is 0 Å². The van der Waals surface area contributed by atoms with E-state index in [1.165, 1.54) is 0 Å². The maximum absolute atomic E-state index is 6.54. The average molecular weight is 743 g/mol. The lowest BCUT2D eigenvalue weighted by Gasteiger charge is -2.14. The zero-order valence-electron chi connectivity index (χ0n) is 30.9. The lowest BCUT2D eigenvalue weighted by molar-refractivity contribution is 0.669. The molecular formula is C52H30N4O2. The summed E-state index contributed by atoms with van der Waals surface area (Å²) in [6, 6.07) is 62.0. The van der Waals surface area contributed by atoms with Crippen LogP contribution in [0.25, 0.3) is 122 Å². The highest BCUT2D eigenvalue weighted by Crippen LogP contribution is 2.43. The van der Waals surface area contributed by atoms with Gasteiger partial charge in [-0.25, -0.2) is 19.9 Å². The van der Waals surface area contributed by atoms with Crippen molar-refractivity contribution in [2.45, 2.75) is 0 Å². The highest BCUT2D eigenvalue weighted by molar-refractivity contribution is 6.29. The van der Waals surface area contributed by atoms with E-state index in [1.54, 1.807) is 0 Å². The zero-order valence-corrected chi connectivity index (χ0v) is 30.9. The van der Waals surface area contributed by atoms with Crippen molar-refractivity contribution in [2.75, 3.05) is 0 Å². The molecule has 0 unspecified atom stereocenters. The van der Waals surface area contributed by atoms with Gasteiger partial charge in [-0.1, -0.05) is 140 Å². The number of hydrogen-bond acceptors (Lipinski definition) is 6. The normalized spacial score (nSPS) is 11.8. The Morgan fingerprint density at radius 2 is 0.897 bits per heavy atom. The smallest absolute Gasteiger partial charge is 0.167 e. The van der Waals surface area contributed by atoms with Crippen LogP contribution in [0.3, 0.4) is 0 Å². The Balaban J connectivity index is 1.17. The predicted molar refractivity (Wildman–Crippen MR) is 234 cm³/mol. The largest absolute Gasteiger partial charge is 0.456 e. The molecule has 6 heteroatoms. The topological polar surface area (TPSA) is 77.8 Å².